The van der Waals surface area contributed by atoms with Crippen molar-refractivity contribution >= 4 is 0 Å². The first-order chi connectivity index (χ1) is 7.81. The molecule has 0 spiro atoms. The van der Waals surface area contributed by atoms with Gasteiger partial charge in [0.1, 0.15) is 0 Å². The third-order valence-electron chi connectivity index (χ3n) is 4.07. The van der Waals surface area contributed by atoms with Crippen molar-refractivity contribution in [3.05, 3.63) is 35.4 Å². The topological polar surface area (TPSA) is 0 Å². The zero-order chi connectivity index (χ0) is 11.4. The summed E-state index contributed by atoms with van der Waals surface area (Å²) in [6.45, 7) is 4.49. The van der Waals surface area contributed by atoms with Crippen molar-refractivity contribution in [1.82, 2.24) is 0 Å². The fourth-order valence-electron chi connectivity index (χ4n) is 2.91. The van der Waals surface area contributed by atoms with Gasteiger partial charge in [0.25, 0.3) is 0 Å². The minimum absolute atomic E-state index is 0.872. The number of hydrogen-bond acceptors (Lipinski definition) is 0. The fraction of sp³-hybridized carbons (Fsp3) is 0.625. The summed E-state index contributed by atoms with van der Waals surface area (Å²) in [4.78, 5) is 0. The molecule has 0 radical (unpaired) electrons. The van der Waals surface area contributed by atoms with Crippen molar-refractivity contribution in [3.63, 3.8) is 0 Å². The average Bonchev–Trinajstić information content (AvgIpc) is 2.23. The Morgan fingerprint density at radius 2 is 2.06 bits per heavy atom. The Morgan fingerprint density at radius 1 is 1.19 bits per heavy atom. The van der Waals surface area contributed by atoms with Crippen molar-refractivity contribution in [2.24, 2.45) is 5.92 Å². The summed E-state index contributed by atoms with van der Waals surface area (Å²) in [5.74, 6) is 1.85. The molecule has 1 saturated carbocycles. The number of hydrogen-bond donors (Lipinski definition) is 0. The number of aryl methyl sites for hydroxylation is 1. The summed E-state index contributed by atoms with van der Waals surface area (Å²) in [6.07, 6.45) is 8.53. The number of rotatable bonds is 5. The first-order valence-electron chi connectivity index (χ1n) is 6.88. The van der Waals surface area contributed by atoms with E-state index in [1.807, 2.05) is 0 Å². The molecule has 1 fully saturated rings. The van der Waals surface area contributed by atoms with E-state index >= 15 is 0 Å². The summed E-state index contributed by atoms with van der Waals surface area (Å²) in [5, 5.41) is 0. The van der Waals surface area contributed by atoms with Crippen molar-refractivity contribution in [3.8, 4) is 0 Å². The zero-order valence-corrected chi connectivity index (χ0v) is 10.7. The molecule has 2 rings (SSSR count). The molecule has 0 heteroatoms. The maximum atomic E-state index is 2.39. The van der Waals surface area contributed by atoms with Gasteiger partial charge in [-0.05, 0) is 43.6 Å². The Hall–Kier alpha value is -0.780. The molecular weight excluding hydrogens is 192 g/mol. The van der Waals surface area contributed by atoms with Gasteiger partial charge >= 0.3 is 0 Å². The molecule has 0 saturated heterocycles. The molecular formula is C16H24. The molecule has 0 bridgehead atoms. The molecule has 16 heavy (non-hydrogen) atoms. The van der Waals surface area contributed by atoms with E-state index in [2.05, 4.69) is 38.1 Å². The van der Waals surface area contributed by atoms with Gasteiger partial charge in [-0.1, -0.05) is 56.0 Å². The number of benzene rings is 1. The van der Waals surface area contributed by atoms with Gasteiger partial charge in [0.05, 0.1) is 0 Å². The van der Waals surface area contributed by atoms with E-state index in [1.165, 1.54) is 44.1 Å². The normalized spacial score (nSPS) is 24.1. The van der Waals surface area contributed by atoms with Crippen LogP contribution in [0.25, 0.3) is 0 Å². The molecule has 0 amide bonds. The molecule has 1 aliphatic rings. The third-order valence-corrected chi connectivity index (χ3v) is 4.07. The second-order valence-corrected chi connectivity index (χ2v) is 5.35. The Balaban J connectivity index is 1.90. The molecule has 0 nitrogen and oxygen atoms in total. The van der Waals surface area contributed by atoms with Crippen LogP contribution in [0.3, 0.4) is 0 Å². The van der Waals surface area contributed by atoms with E-state index < -0.39 is 0 Å². The van der Waals surface area contributed by atoms with E-state index in [9.17, 15) is 0 Å². The monoisotopic (exact) mass is 216 g/mol. The zero-order valence-electron chi connectivity index (χ0n) is 10.7. The first kappa shape index (κ1) is 11.7. The lowest BCUT2D eigenvalue weighted by Gasteiger charge is -2.37. The summed E-state index contributed by atoms with van der Waals surface area (Å²) >= 11 is 0. The summed E-state index contributed by atoms with van der Waals surface area (Å²) < 4.78 is 0. The second-order valence-electron chi connectivity index (χ2n) is 5.35. The maximum Gasteiger partial charge on any atom is -0.0133 e. The lowest BCUT2D eigenvalue weighted by molar-refractivity contribution is 0.232. The molecule has 0 N–H and O–H groups in total. The molecule has 1 aromatic carbocycles. The number of unbranched alkanes of at least 4 members (excludes halogenated alkanes) is 2. The first-order valence-corrected chi connectivity index (χ1v) is 6.88. The summed E-state index contributed by atoms with van der Waals surface area (Å²) in [7, 11) is 0. The van der Waals surface area contributed by atoms with Gasteiger partial charge in [-0.25, -0.2) is 0 Å². The smallest absolute Gasteiger partial charge is 0.0133 e. The van der Waals surface area contributed by atoms with Gasteiger partial charge < -0.3 is 0 Å². The van der Waals surface area contributed by atoms with E-state index in [0.717, 1.165) is 11.8 Å². The van der Waals surface area contributed by atoms with E-state index in [-0.39, 0.29) is 0 Å². The van der Waals surface area contributed by atoms with Crippen LogP contribution in [0.1, 0.15) is 62.5 Å². The standard InChI is InChI=1S/C16H24/c1-3-4-5-8-14-10-11-16(14)15-9-6-7-13(2)12-15/h6-7,9,12,14,16H,3-5,8,10-11H2,1-2H3/t14-,16+/m0/s1. The minimum Gasteiger partial charge on any atom is -0.0654 e. The van der Waals surface area contributed by atoms with Crippen LogP contribution < -0.4 is 0 Å². The van der Waals surface area contributed by atoms with Crippen LogP contribution in [-0.4, -0.2) is 0 Å². The van der Waals surface area contributed by atoms with Crippen molar-refractivity contribution in [1.29, 1.82) is 0 Å². The van der Waals surface area contributed by atoms with E-state index in [0.29, 0.717) is 0 Å². The highest BCUT2D eigenvalue weighted by atomic mass is 14.4. The second kappa shape index (κ2) is 5.52. The average molecular weight is 216 g/mol. The molecule has 88 valence electrons. The van der Waals surface area contributed by atoms with Crippen molar-refractivity contribution < 1.29 is 0 Å². The van der Waals surface area contributed by atoms with Crippen LogP contribution in [0.5, 0.6) is 0 Å². The Bertz CT molecular complexity index is 327. The maximum absolute atomic E-state index is 2.39. The van der Waals surface area contributed by atoms with E-state index in [1.54, 1.807) is 5.56 Å². The highest BCUT2D eigenvalue weighted by Gasteiger charge is 2.31. The van der Waals surface area contributed by atoms with Crippen LogP contribution >= 0.6 is 0 Å². The quantitative estimate of drug-likeness (QED) is 0.603. The Kier molecular flexibility index (Phi) is 4.04. The molecule has 1 aliphatic carbocycles. The van der Waals surface area contributed by atoms with Crippen molar-refractivity contribution in [2.45, 2.75) is 58.3 Å². The van der Waals surface area contributed by atoms with Crippen LogP contribution in [0.2, 0.25) is 0 Å². The lowest BCUT2D eigenvalue weighted by atomic mass is 9.68. The van der Waals surface area contributed by atoms with Gasteiger partial charge in [0.15, 0.2) is 0 Å². The Morgan fingerprint density at radius 3 is 2.69 bits per heavy atom. The van der Waals surface area contributed by atoms with Gasteiger partial charge in [0.2, 0.25) is 0 Å². The molecule has 0 aromatic heterocycles. The fourth-order valence-corrected chi connectivity index (χ4v) is 2.91. The van der Waals surface area contributed by atoms with Gasteiger partial charge in [-0.3, -0.25) is 0 Å². The predicted octanol–water partition coefficient (Wildman–Crippen LogP) is 5.07. The van der Waals surface area contributed by atoms with Gasteiger partial charge in [-0.15, -0.1) is 0 Å². The largest absolute Gasteiger partial charge is 0.0654 e. The third kappa shape index (κ3) is 2.66. The molecule has 1 aromatic rings. The van der Waals surface area contributed by atoms with Gasteiger partial charge in [-0.2, -0.15) is 0 Å². The predicted molar refractivity (Wildman–Crippen MR) is 70.8 cm³/mol. The molecule has 0 heterocycles. The Labute approximate surface area is 100 Å². The lowest BCUT2D eigenvalue weighted by Crippen LogP contribution is -2.23. The van der Waals surface area contributed by atoms with Crippen LogP contribution in [0.4, 0.5) is 0 Å². The highest BCUT2D eigenvalue weighted by molar-refractivity contribution is 5.27. The van der Waals surface area contributed by atoms with Crippen LogP contribution in [-0.2, 0) is 0 Å². The highest BCUT2D eigenvalue weighted by Crippen LogP contribution is 2.45. The molecule has 2 atom stereocenters. The van der Waals surface area contributed by atoms with Crippen LogP contribution in [0, 0.1) is 12.8 Å². The summed E-state index contributed by atoms with van der Waals surface area (Å²) in [5.41, 5.74) is 3.00. The summed E-state index contributed by atoms with van der Waals surface area (Å²) in [6, 6.07) is 9.13. The van der Waals surface area contributed by atoms with Crippen molar-refractivity contribution in [2.75, 3.05) is 0 Å². The molecule has 0 aliphatic heterocycles. The van der Waals surface area contributed by atoms with Gasteiger partial charge in [0, 0.05) is 0 Å². The SMILES string of the molecule is CCCCC[C@H]1CC[C@H]1c1cccc(C)c1. The molecule has 0 unspecified atom stereocenters. The van der Waals surface area contributed by atoms with Crippen LogP contribution in [0.15, 0.2) is 24.3 Å². The van der Waals surface area contributed by atoms with E-state index in [4.69, 9.17) is 0 Å². The minimum atomic E-state index is 0.872.